The van der Waals surface area contributed by atoms with Crippen LogP contribution < -0.4 is 5.32 Å². The highest BCUT2D eigenvalue weighted by Crippen LogP contribution is 2.30. The molecule has 2 fully saturated rings. The Bertz CT molecular complexity index is 1860. The second-order valence-corrected chi connectivity index (χ2v) is 27.5. The molecule has 2 saturated heterocycles. The van der Waals surface area contributed by atoms with Crippen molar-refractivity contribution in [3.8, 4) is 0 Å². The molecule has 14 heteroatoms. The van der Waals surface area contributed by atoms with Gasteiger partial charge in [0, 0.05) is 6.42 Å². The van der Waals surface area contributed by atoms with Crippen LogP contribution in [0.25, 0.3) is 0 Å². The van der Waals surface area contributed by atoms with Crippen LogP contribution in [0.2, 0.25) is 0 Å². The molecule has 2 aliphatic rings. The SMILES string of the molecule is CC/C=C\C/C=C\C/C=C\C/C=C\C/C=C\C/C=C\CCCCCCCCCCCCCCCCCCC(=O)NC(COC1OC(CO)C(OC2OC(CO)C(O)C(O)C2O)C(O)C1O)C(O)CCCCCCCCCCCCCCCCCCCCCCCCCCC. The second kappa shape index (κ2) is 63.8. The molecule has 94 heavy (non-hydrogen) atoms. The summed E-state index contributed by atoms with van der Waals surface area (Å²) in [7, 11) is 0. The Morgan fingerprint density at radius 2 is 0.734 bits per heavy atom. The zero-order chi connectivity index (χ0) is 68.0. The summed E-state index contributed by atoms with van der Waals surface area (Å²) >= 11 is 0. The average Bonchev–Trinajstić information content (AvgIpc) is 0.794. The maximum absolute atomic E-state index is 13.4. The molecule has 12 unspecified atom stereocenters. The van der Waals surface area contributed by atoms with Gasteiger partial charge in [-0.3, -0.25) is 4.79 Å². The lowest BCUT2D eigenvalue weighted by molar-refractivity contribution is -0.359. The number of unbranched alkanes of at least 4 members (excludes halogenated alkanes) is 40. The summed E-state index contributed by atoms with van der Waals surface area (Å²) in [5.41, 5.74) is 0. The van der Waals surface area contributed by atoms with Crippen molar-refractivity contribution in [2.75, 3.05) is 19.8 Å². The second-order valence-electron chi connectivity index (χ2n) is 27.5. The first-order valence-corrected chi connectivity index (χ1v) is 39.2. The van der Waals surface area contributed by atoms with Crippen LogP contribution in [0.15, 0.2) is 72.9 Å². The quantitative estimate of drug-likeness (QED) is 0.0204. The summed E-state index contributed by atoms with van der Waals surface area (Å²) in [6.07, 6.45) is 70.7. The normalized spacial score (nSPS) is 22.8. The van der Waals surface area contributed by atoms with Gasteiger partial charge in [-0.1, -0.05) is 337 Å². The molecule has 14 nitrogen and oxygen atoms in total. The third-order valence-corrected chi connectivity index (χ3v) is 18.9. The number of carbonyl (C=O) groups excluding carboxylic acids is 1. The van der Waals surface area contributed by atoms with Gasteiger partial charge in [0.1, 0.15) is 48.8 Å². The van der Waals surface area contributed by atoms with Crippen LogP contribution in [0.1, 0.15) is 335 Å². The summed E-state index contributed by atoms with van der Waals surface area (Å²) < 4.78 is 23.0. The van der Waals surface area contributed by atoms with Crippen molar-refractivity contribution < 1.29 is 64.6 Å². The average molecular weight is 1330 g/mol. The zero-order valence-corrected chi connectivity index (χ0v) is 60.0. The molecule has 0 aromatic heterocycles. The van der Waals surface area contributed by atoms with E-state index in [9.17, 15) is 45.6 Å². The van der Waals surface area contributed by atoms with Crippen molar-refractivity contribution in [3.05, 3.63) is 72.9 Å². The van der Waals surface area contributed by atoms with Gasteiger partial charge in [-0.05, 0) is 64.2 Å². The minimum atomic E-state index is -1.78. The Balaban J connectivity index is 1.61. The van der Waals surface area contributed by atoms with E-state index in [1.165, 1.54) is 218 Å². The molecule has 0 bridgehead atoms. The fraction of sp³-hybridized carbons (Fsp3) is 0.838. The first-order valence-electron chi connectivity index (χ1n) is 39.2. The number of nitrogens with one attached hydrogen (secondary N) is 1. The molecule has 548 valence electrons. The van der Waals surface area contributed by atoms with E-state index < -0.39 is 86.8 Å². The fourth-order valence-corrected chi connectivity index (χ4v) is 12.8. The summed E-state index contributed by atoms with van der Waals surface area (Å²) in [5.74, 6) is -0.203. The van der Waals surface area contributed by atoms with Gasteiger partial charge in [0.15, 0.2) is 12.6 Å². The predicted molar refractivity (Wildman–Crippen MR) is 387 cm³/mol. The van der Waals surface area contributed by atoms with Gasteiger partial charge in [-0.2, -0.15) is 0 Å². The topological polar surface area (TPSA) is 228 Å². The van der Waals surface area contributed by atoms with Crippen molar-refractivity contribution >= 4 is 5.91 Å². The van der Waals surface area contributed by atoms with Gasteiger partial charge in [0.25, 0.3) is 0 Å². The van der Waals surface area contributed by atoms with E-state index in [0.717, 1.165) is 89.9 Å². The summed E-state index contributed by atoms with van der Waals surface area (Å²) in [6, 6.07) is -0.833. The van der Waals surface area contributed by atoms with Gasteiger partial charge in [-0.25, -0.2) is 0 Å². The van der Waals surface area contributed by atoms with Crippen LogP contribution in [0.4, 0.5) is 0 Å². The third kappa shape index (κ3) is 46.7. The molecule has 0 saturated carbocycles. The molecule has 9 N–H and O–H groups in total. The Morgan fingerprint density at radius 3 is 1.13 bits per heavy atom. The molecule has 0 aliphatic carbocycles. The van der Waals surface area contributed by atoms with E-state index in [2.05, 4.69) is 92.1 Å². The molecule has 0 aromatic carbocycles. The third-order valence-electron chi connectivity index (χ3n) is 18.9. The standard InChI is InChI=1S/C80H145NO13/c1-3-5-7-9-11-13-15-17-19-21-23-25-27-29-30-31-32-33-34-35-36-37-38-40-42-44-46-48-50-52-54-56-58-60-62-64-72(85)81-68(67-91-79-77(90)75(88)78(71(66-83)93-79)94-80-76(89)74(87)73(86)70(65-82)92-80)69(84)63-61-59-57-55-53-51-49-47-45-43-41-39-28-26-24-22-20-18-16-14-12-10-8-6-4-2/h5,7,11,13,17,19,23,25,29-30,32-33,68-71,73-80,82-84,86-90H,3-4,6,8-10,12,14-16,18,20-22,24,26-28,31,34-67H2,1-2H3,(H,81,85)/b7-5-,13-11-,19-17-,25-23-,30-29-,33-32-. The number of rotatable bonds is 65. The van der Waals surface area contributed by atoms with Gasteiger partial charge >= 0.3 is 0 Å². The van der Waals surface area contributed by atoms with Crippen molar-refractivity contribution in [2.45, 2.75) is 408 Å². The lowest BCUT2D eigenvalue weighted by Gasteiger charge is -2.46. The van der Waals surface area contributed by atoms with Gasteiger partial charge in [-0.15, -0.1) is 0 Å². The van der Waals surface area contributed by atoms with Gasteiger partial charge < -0.3 is 65.1 Å². The largest absolute Gasteiger partial charge is 0.394 e. The van der Waals surface area contributed by atoms with Gasteiger partial charge in [0.05, 0.1) is 32.0 Å². The van der Waals surface area contributed by atoms with Crippen molar-refractivity contribution in [3.63, 3.8) is 0 Å². The molecular formula is C80H145NO13. The Hall–Kier alpha value is -2.57. The number of allylic oxidation sites excluding steroid dienone is 12. The first-order chi connectivity index (χ1) is 46.1. The van der Waals surface area contributed by atoms with Crippen LogP contribution in [0.5, 0.6) is 0 Å². The summed E-state index contributed by atoms with van der Waals surface area (Å²) in [4.78, 5) is 13.4. The maximum Gasteiger partial charge on any atom is 0.220 e. The Labute approximate surface area is 574 Å². The molecule has 2 aliphatic heterocycles. The highest BCUT2D eigenvalue weighted by atomic mass is 16.7. The van der Waals surface area contributed by atoms with E-state index in [0.29, 0.717) is 12.8 Å². The Kier molecular flexibility index (Phi) is 59.4. The molecule has 0 spiro atoms. The van der Waals surface area contributed by atoms with Crippen LogP contribution in [-0.4, -0.2) is 140 Å². The number of aliphatic hydroxyl groups is 8. The molecular weight excluding hydrogens is 1180 g/mol. The van der Waals surface area contributed by atoms with E-state index in [-0.39, 0.29) is 12.5 Å². The smallest absolute Gasteiger partial charge is 0.220 e. The van der Waals surface area contributed by atoms with Gasteiger partial charge in [0.2, 0.25) is 5.91 Å². The molecule has 1 amide bonds. The predicted octanol–water partition coefficient (Wildman–Crippen LogP) is 17.4. The molecule has 2 heterocycles. The summed E-state index contributed by atoms with van der Waals surface area (Å²) in [5, 5.41) is 87.8. The molecule has 12 atom stereocenters. The Morgan fingerprint density at radius 1 is 0.394 bits per heavy atom. The highest BCUT2D eigenvalue weighted by molar-refractivity contribution is 5.76. The minimum Gasteiger partial charge on any atom is -0.394 e. The van der Waals surface area contributed by atoms with E-state index in [1.54, 1.807) is 0 Å². The molecule has 0 radical (unpaired) electrons. The maximum atomic E-state index is 13.4. The van der Waals surface area contributed by atoms with E-state index >= 15 is 0 Å². The van der Waals surface area contributed by atoms with E-state index in [4.69, 9.17) is 18.9 Å². The minimum absolute atomic E-state index is 0.203. The number of hydrogen-bond acceptors (Lipinski definition) is 13. The van der Waals surface area contributed by atoms with Crippen molar-refractivity contribution in [1.29, 1.82) is 0 Å². The number of amides is 1. The first kappa shape index (κ1) is 87.5. The van der Waals surface area contributed by atoms with E-state index in [1.807, 2.05) is 0 Å². The number of ether oxygens (including phenoxy) is 4. The molecule has 2 rings (SSSR count). The van der Waals surface area contributed by atoms with Crippen molar-refractivity contribution in [2.24, 2.45) is 0 Å². The lowest BCUT2D eigenvalue weighted by Crippen LogP contribution is -2.65. The molecule has 0 aromatic rings. The van der Waals surface area contributed by atoms with Crippen LogP contribution in [0, 0.1) is 0 Å². The van der Waals surface area contributed by atoms with Crippen molar-refractivity contribution in [1.82, 2.24) is 5.32 Å². The lowest BCUT2D eigenvalue weighted by atomic mass is 9.97. The fourth-order valence-electron chi connectivity index (χ4n) is 12.8. The summed E-state index contributed by atoms with van der Waals surface area (Å²) in [6.45, 7) is 2.80. The highest BCUT2D eigenvalue weighted by Gasteiger charge is 2.51. The van der Waals surface area contributed by atoms with Crippen LogP contribution in [-0.2, 0) is 23.7 Å². The van der Waals surface area contributed by atoms with Crippen LogP contribution >= 0.6 is 0 Å². The monoisotopic (exact) mass is 1330 g/mol. The zero-order valence-electron chi connectivity index (χ0n) is 60.0. The number of carbonyl (C=O) groups is 1. The number of aliphatic hydroxyl groups excluding tert-OH is 8. The number of hydrogen-bond donors (Lipinski definition) is 9. The van der Waals surface area contributed by atoms with Crippen LogP contribution in [0.3, 0.4) is 0 Å².